The molecule has 0 saturated carbocycles. The van der Waals surface area contributed by atoms with Gasteiger partial charge in [-0.1, -0.05) is 11.6 Å². The molecule has 1 aromatic rings. The first kappa shape index (κ1) is 19.1. The molecule has 2 amide bonds. The highest BCUT2D eigenvalue weighted by atomic mass is 35.5. The van der Waals surface area contributed by atoms with Crippen LogP contribution in [-0.2, 0) is 19.1 Å². The maximum absolute atomic E-state index is 12.0. The van der Waals surface area contributed by atoms with E-state index in [1.165, 1.54) is 0 Å². The van der Waals surface area contributed by atoms with Crippen LogP contribution < -0.4 is 10.5 Å². The van der Waals surface area contributed by atoms with Crippen LogP contribution in [0.3, 0.4) is 0 Å². The number of amides is 2. The van der Waals surface area contributed by atoms with Gasteiger partial charge in [0.2, 0.25) is 5.91 Å². The first-order valence-corrected chi connectivity index (χ1v) is 8.36. The van der Waals surface area contributed by atoms with E-state index in [4.69, 9.17) is 26.8 Å². The van der Waals surface area contributed by atoms with Gasteiger partial charge < -0.3 is 20.1 Å². The zero-order valence-electron chi connectivity index (χ0n) is 14.0. The van der Waals surface area contributed by atoms with Crippen molar-refractivity contribution < 1.29 is 23.9 Å². The number of carbonyl (C=O) groups excluding carboxylic acids is 3. The van der Waals surface area contributed by atoms with Gasteiger partial charge in [-0.3, -0.25) is 9.59 Å². The Bertz CT molecular complexity index is 656. The molecule has 0 aromatic heterocycles. The number of benzene rings is 1. The third kappa shape index (κ3) is 5.63. The SMILES string of the molecule is Cc1cc(OCC(=O)OCC(=O)N2CCC(C(N)=O)CC2)ccc1Cl. The summed E-state index contributed by atoms with van der Waals surface area (Å²) in [5.41, 5.74) is 6.09. The van der Waals surface area contributed by atoms with Crippen molar-refractivity contribution in [1.29, 1.82) is 0 Å². The van der Waals surface area contributed by atoms with Gasteiger partial charge in [0.15, 0.2) is 13.2 Å². The molecule has 1 saturated heterocycles. The Morgan fingerprint density at radius 2 is 1.92 bits per heavy atom. The van der Waals surface area contributed by atoms with E-state index in [-0.39, 0.29) is 30.9 Å². The molecule has 2 rings (SSSR count). The first-order chi connectivity index (χ1) is 11.9. The fourth-order valence-electron chi connectivity index (χ4n) is 2.54. The molecule has 8 heteroatoms. The number of primary amides is 1. The van der Waals surface area contributed by atoms with Crippen molar-refractivity contribution in [2.45, 2.75) is 19.8 Å². The Kier molecular flexibility index (Phi) is 6.64. The van der Waals surface area contributed by atoms with E-state index in [1.54, 1.807) is 23.1 Å². The van der Waals surface area contributed by atoms with Crippen LogP contribution in [0, 0.1) is 12.8 Å². The van der Waals surface area contributed by atoms with Crippen LogP contribution in [0.15, 0.2) is 18.2 Å². The van der Waals surface area contributed by atoms with Crippen molar-refractivity contribution >= 4 is 29.4 Å². The average Bonchev–Trinajstić information content (AvgIpc) is 2.60. The zero-order valence-corrected chi connectivity index (χ0v) is 14.8. The number of hydrogen-bond donors (Lipinski definition) is 1. The van der Waals surface area contributed by atoms with Crippen molar-refractivity contribution in [3.05, 3.63) is 28.8 Å². The van der Waals surface area contributed by atoms with Crippen molar-refractivity contribution in [3.8, 4) is 5.75 Å². The van der Waals surface area contributed by atoms with E-state index in [1.807, 2.05) is 6.92 Å². The monoisotopic (exact) mass is 368 g/mol. The van der Waals surface area contributed by atoms with Gasteiger partial charge in [0.25, 0.3) is 5.91 Å². The van der Waals surface area contributed by atoms with Gasteiger partial charge in [0.1, 0.15) is 5.75 Å². The van der Waals surface area contributed by atoms with E-state index >= 15 is 0 Å². The molecule has 0 spiro atoms. The zero-order chi connectivity index (χ0) is 18.4. The predicted molar refractivity (Wildman–Crippen MR) is 91.1 cm³/mol. The minimum absolute atomic E-state index is 0.192. The molecule has 1 fully saturated rings. The molecule has 1 aromatic carbocycles. The van der Waals surface area contributed by atoms with Gasteiger partial charge in [-0.05, 0) is 43.5 Å². The number of carbonyl (C=O) groups is 3. The number of likely N-dealkylation sites (tertiary alicyclic amines) is 1. The minimum atomic E-state index is -0.632. The minimum Gasteiger partial charge on any atom is -0.482 e. The van der Waals surface area contributed by atoms with Crippen LogP contribution in [0.4, 0.5) is 0 Å². The fraction of sp³-hybridized carbons (Fsp3) is 0.471. The van der Waals surface area contributed by atoms with Gasteiger partial charge in [-0.2, -0.15) is 0 Å². The molecular formula is C17H21ClN2O5. The van der Waals surface area contributed by atoms with Crippen molar-refractivity contribution in [1.82, 2.24) is 4.90 Å². The van der Waals surface area contributed by atoms with Crippen LogP contribution in [0.25, 0.3) is 0 Å². The number of nitrogens with two attached hydrogens (primary N) is 1. The quantitative estimate of drug-likeness (QED) is 0.763. The Labute approximate surface area is 151 Å². The fourth-order valence-corrected chi connectivity index (χ4v) is 2.66. The smallest absolute Gasteiger partial charge is 0.344 e. The summed E-state index contributed by atoms with van der Waals surface area (Å²) in [7, 11) is 0. The predicted octanol–water partition coefficient (Wildman–Crippen LogP) is 1.29. The van der Waals surface area contributed by atoms with Gasteiger partial charge in [-0.25, -0.2) is 4.79 Å². The number of piperidine rings is 1. The van der Waals surface area contributed by atoms with Crippen molar-refractivity contribution in [2.24, 2.45) is 11.7 Å². The molecule has 0 radical (unpaired) electrons. The maximum atomic E-state index is 12.0. The first-order valence-electron chi connectivity index (χ1n) is 7.98. The summed E-state index contributed by atoms with van der Waals surface area (Å²) in [6.45, 7) is 2.06. The van der Waals surface area contributed by atoms with E-state index < -0.39 is 5.97 Å². The molecule has 136 valence electrons. The van der Waals surface area contributed by atoms with E-state index in [0.29, 0.717) is 36.7 Å². The number of nitrogens with zero attached hydrogens (tertiary/aromatic N) is 1. The molecule has 2 N–H and O–H groups in total. The standard InChI is InChI=1S/C17H21ClN2O5/c1-11-8-13(2-3-14(11)18)24-10-16(22)25-9-15(21)20-6-4-12(5-7-20)17(19)23/h2-3,8,12H,4-7,9-10H2,1H3,(H2,19,23). The molecule has 0 atom stereocenters. The molecule has 25 heavy (non-hydrogen) atoms. The molecule has 0 unspecified atom stereocenters. The maximum Gasteiger partial charge on any atom is 0.344 e. The lowest BCUT2D eigenvalue weighted by Gasteiger charge is -2.30. The van der Waals surface area contributed by atoms with Gasteiger partial charge in [-0.15, -0.1) is 0 Å². The summed E-state index contributed by atoms with van der Waals surface area (Å²) < 4.78 is 10.2. The lowest BCUT2D eigenvalue weighted by atomic mass is 9.96. The van der Waals surface area contributed by atoms with Crippen LogP contribution >= 0.6 is 11.6 Å². The lowest BCUT2D eigenvalue weighted by Crippen LogP contribution is -2.43. The number of rotatable bonds is 6. The normalized spacial score (nSPS) is 14.9. The summed E-state index contributed by atoms with van der Waals surface area (Å²) in [5, 5.41) is 0.612. The van der Waals surface area contributed by atoms with Crippen LogP contribution in [0.1, 0.15) is 18.4 Å². The topological polar surface area (TPSA) is 98.9 Å². The number of ether oxygens (including phenoxy) is 2. The van der Waals surface area contributed by atoms with Crippen molar-refractivity contribution in [2.75, 3.05) is 26.3 Å². The van der Waals surface area contributed by atoms with E-state index in [9.17, 15) is 14.4 Å². The number of aryl methyl sites for hydroxylation is 1. The lowest BCUT2D eigenvalue weighted by molar-refractivity contribution is -0.154. The second-order valence-corrected chi connectivity index (χ2v) is 6.32. The highest BCUT2D eigenvalue weighted by Crippen LogP contribution is 2.21. The molecule has 1 aliphatic rings. The average molecular weight is 369 g/mol. The Hall–Kier alpha value is -2.28. The number of halogens is 1. The Balaban J connectivity index is 1.70. The number of esters is 1. The van der Waals surface area contributed by atoms with Crippen LogP contribution in [-0.4, -0.2) is 49.0 Å². The molecule has 0 aliphatic carbocycles. The molecule has 1 heterocycles. The Morgan fingerprint density at radius 1 is 1.24 bits per heavy atom. The third-order valence-electron chi connectivity index (χ3n) is 4.09. The summed E-state index contributed by atoms with van der Waals surface area (Å²) >= 11 is 5.91. The van der Waals surface area contributed by atoms with Crippen molar-refractivity contribution in [3.63, 3.8) is 0 Å². The van der Waals surface area contributed by atoms with Crippen LogP contribution in [0.5, 0.6) is 5.75 Å². The molecular weight excluding hydrogens is 348 g/mol. The highest BCUT2D eigenvalue weighted by molar-refractivity contribution is 6.31. The van der Waals surface area contributed by atoms with E-state index in [0.717, 1.165) is 5.56 Å². The summed E-state index contributed by atoms with van der Waals surface area (Å²) in [5.74, 6) is -0.957. The Morgan fingerprint density at radius 3 is 2.52 bits per heavy atom. The van der Waals surface area contributed by atoms with Crippen LogP contribution in [0.2, 0.25) is 5.02 Å². The molecule has 7 nitrogen and oxygen atoms in total. The second kappa shape index (κ2) is 8.71. The van der Waals surface area contributed by atoms with Gasteiger partial charge in [0, 0.05) is 24.0 Å². The van der Waals surface area contributed by atoms with E-state index in [2.05, 4.69) is 0 Å². The molecule has 0 bridgehead atoms. The summed E-state index contributed by atoms with van der Waals surface area (Å²) in [6, 6.07) is 5.04. The van der Waals surface area contributed by atoms with Gasteiger partial charge >= 0.3 is 5.97 Å². The second-order valence-electron chi connectivity index (χ2n) is 5.92. The third-order valence-corrected chi connectivity index (χ3v) is 4.52. The van der Waals surface area contributed by atoms with Gasteiger partial charge in [0.05, 0.1) is 0 Å². The summed E-state index contributed by atoms with van der Waals surface area (Å²) in [4.78, 5) is 36.4. The molecule has 1 aliphatic heterocycles. The highest BCUT2D eigenvalue weighted by Gasteiger charge is 2.26. The largest absolute Gasteiger partial charge is 0.482 e. The number of hydrogen-bond acceptors (Lipinski definition) is 5. The summed E-state index contributed by atoms with van der Waals surface area (Å²) in [6.07, 6.45) is 1.07.